The second kappa shape index (κ2) is 3.17. The Bertz CT molecular complexity index is 228. The van der Waals surface area contributed by atoms with Crippen LogP contribution in [0.3, 0.4) is 0 Å². The molecule has 1 rings (SSSR count). The zero-order valence-electron chi connectivity index (χ0n) is 7.63. The lowest BCUT2D eigenvalue weighted by Crippen LogP contribution is -2.13. The van der Waals surface area contributed by atoms with Crippen LogP contribution in [-0.4, -0.2) is 17.2 Å². The van der Waals surface area contributed by atoms with E-state index in [4.69, 9.17) is 9.84 Å². The molecular formula is C9H14O3. The molecular weight excluding hydrogens is 156 g/mol. The van der Waals surface area contributed by atoms with Crippen molar-refractivity contribution in [2.24, 2.45) is 5.92 Å². The number of hydrogen-bond donors (Lipinski definition) is 1. The third-order valence-electron chi connectivity index (χ3n) is 1.98. The Morgan fingerprint density at radius 3 is 2.50 bits per heavy atom. The molecule has 1 atom stereocenters. The first-order chi connectivity index (χ1) is 5.52. The van der Waals surface area contributed by atoms with Crippen LogP contribution in [0.15, 0.2) is 11.3 Å². The van der Waals surface area contributed by atoms with E-state index in [2.05, 4.69) is 13.8 Å². The van der Waals surface area contributed by atoms with Gasteiger partial charge < -0.3 is 9.84 Å². The largest absolute Gasteiger partial charge is 0.502 e. The summed E-state index contributed by atoms with van der Waals surface area (Å²) >= 11 is 0. The second-order valence-electron chi connectivity index (χ2n) is 3.56. The van der Waals surface area contributed by atoms with Crippen molar-refractivity contribution in [3.05, 3.63) is 11.3 Å². The first-order valence-corrected chi connectivity index (χ1v) is 4.13. The van der Waals surface area contributed by atoms with Gasteiger partial charge in [0.15, 0.2) is 0 Å². The molecule has 12 heavy (non-hydrogen) atoms. The van der Waals surface area contributed by atoms with E-state index in [1.807, 2.05) is 0 Å². The van der Waals surface area contributed by atoms with Crippen LogP contribution >= 0.6 is 0 Å². The second-order valence-corrected chi connectivity index (χ2v) is 3.56. The number of rotatable bonds is 2. The molecule has 0 aliphatic carbocycles. The quantitative estimate of drug-likeness (QED) is 0.642. The number of carbonyl (C=O) groups is 1. The monoisotopic (exact) mass is 170 g/mol. The molecule has 1 aliphatic rings. The van der Waals surface area contributed by atoms with E-state index in [-0.39, 0.29) is 11.9 Å². The summed E-state index contributed by atoms with van der Waals surface area (Å²) in [4.78, 5) is 10.8. The predicted molar refractivity (Wildman–Crippen MR) is 44.7 cm³/mol. The van der Waals surface area contributed by atoms with Gasteiger partial charge in [-0.1, -0.05) is 13.8 Å². The Hall–Kier alpha value is -0.990. The molecule has 68 valence electrons. The SMILES string of the molecule is CC1=C(O)C(=O)OC1CC(C)C. The molecule has 1 N–H and O–H groups in total. The number of cyclic esters (lactones) is 1. The van der Waals surface area contributed by atoms with Gasteiger partial charge in [-0.25, -0.2) is 4.79 Å². The van der Waals surface area contributed by atoms with Crippen molar-refractivity contribution in [3.8, 4) is 0 Å². The molecule has 0 fully saturated rings. The van der Waals surface area contributed by atoms with Gasteiger partial charge in [-0.3, -0.25) is 0 Å². The van der Waals surface area contributed by atoms with Crippen LogP contribution in [-0.2, 0) is 9.53 Å². The van der Waals surface area contributed by atoms with E-state index < -0.39 is 5.97 Å². The molecule has 1 aliphatic heterocycles. The number of aliphatic hydroxyl groups is 1. The van der Waals surface area contributed by atoms with Crippen molar-refractivity contribution in [3.63, 3.8) is 0 Å². The summed E-state index contributed by atoms with van der Waals surface area (Å²) in [7, 11) is 0. The highest BCUT2D eigenvalue weighted by Gasteiger charge is 2.31. The van der Waals surface area contributed by atoms with Gasteiger partial charge in [0.25, 0.3) is 0 Å². The van der Waals surface area contributed by atoms with Gasteiger partial charge in [0.1, 0.15) is 6.10 Å². The maximum absolute atomic E-state index is 10.8. The van der Waals surface area contributed by atoms with E-state index in [0.717, 1.165) is 6.42 Å². The van der Waals surface area contributed by atoms with Gasteiger partial charge in [0.05, 0.1) is 0 Å². The van der Waals surface area contributed by atoms with Gasteiger partial charge in [-0.2, -0.15) is 0 Å². The normalized spacial score (nSPS) is 23.7. The molecule has 3 nitrogen and oxygen atoms in total. The molecule has 0 aromatic heterocycles. The zero-order valence-corrected chi connectivity index (χ0v) is 7.63. The molecule has 0 spiro atoms. The third kappa shape index (κ3) is 1.60. The lowest BCUT2D eigenvalue weighted by molar-refractivity contribution is -0.142. The van der Waals surface area contributed by atoms with E-state index in [9.17, 15) is 4.79 Å². The third-order valence-corrected chi connectivity index (χ3v) is 1.98. The Labute approximate surface area is 72.0 Å². The molecule has 3 heteroatoms. The number of aliphatic hydroxyl groups excluding tert-OH is 1. The van der Waals surface area contributed by atoms with Gasteiger partial charge in [0.2, 0.25) is 5.76 Å². The van der Waals surface area contributed by atoms with E-state index >= 15 is 0 Å². The number of carbonyl (C=O) groups excluding carboxylic acids is 1. The van der Waals surface area contributed by atoms with E-state index in [1.165, 1.54) is 0 Å². The van der Waals surface area contributed by atoms with E-state index in [0.29, 0.717) is 11.5 Å². The highest BCUT2D eigenvalue weighted by molar-refractivity contribution is 5.89. The Kier molecular flexibility index (Phi) is 2.40. The molecule has 0 aromatic carbocycles. The summed E-state index contributed by atoms with van der Waals surface area (Å²) in [6, 6.07) is 0. The van der Waals surface area contributed by atoms with Gasteiger partial charge in [-0.05, 0) is 19.3 Å². The maximum atomic E-state index is 10.8. The molecule has 1 unspecified atom stereocenters. The average Bonchev–Trinajstić information content (AvgIpc) is 2.17. The summed E-state index contributed by atoms with van der Waals surface area (Å²) in [6.07, 6.45) is 0.569. The van der Waals surface area contributed by atoms with Crippen molar-refractivity contribution in [2.75, 3.05) is 0 Å². The molecule has 1 heterocycles. The highest BCUT2D eigenvalue weighted by atomic mass is 16.6. The van der Waals surface area contributed by atoms with Crippen LogP contribution < -0.4 is 0 Å². The summed E-state index contributed by atoms with van der Waals surface area (Å²) in [5.41, 5.74) is 0.661. The predicted octanol–water partition coefficient (Wildman–Crippen LogP) is 1.79. The topological polar surface area (TPSA) is 46.5 Å². The number of esters is 1. The van der Waals surface area contributed by atoms with Gasteiger partial charge in [-0.15, -0.1) is 0 Å². The minimum atomic E-state index is -0.585. The Balaban J connectivity index is 2.67. The summed E-state index contributed by atoms with van der Waals surface area (Å²) in [6.45, 7) is 5.83. The smallest absolute Gasteiger partial charge is 0.374 e. The van der Waals surface area contributed by atoms with Crippen molar-refractivity contribution < 1.29 is 14.6 Å². The first-order valence-electron chi connectivity index (χ1n) is 4.13. The first kappa shape index (κ1) is 9.10. The van der Waals surface area contributed by atoms with Crippen LogP contribution in [0.25, 0.3) is 0 Å². The summed E-state index contributed by atoms with van der Waals surface area (Å²) in [5.74, 6) is -0.331. The number of ether oxygens (including phenoxy) is 1. The number of hydrogen-bond acceptors (Lipinski definition) is 3. The van der Waals surface area contributed by atoms with Crippen molar-refractivity contribution >= 4 is 5.97 Å². The zero-order chi connectivity index (χ0) is 9.30. The summed E-state index contributed by atoms with van der Waals surface area (Å²) < 4.78 is 4.93. The van der Waals surface area contributed by atoms with Crippen LogP contribution in [0.2, 0.25) is 0 Å². The van der Waals surface area contributed by atoms with Crippen LogP contribution in [0, 0.1) is 5.92 Å². The molecule has 0 aromatic rings. The van der Waals surface area contributed by atoms with Crippen molar-refractivity contribution in [1.82, 2.24) is 0 Å². The van der Waals surface area contributed by atoms with Crippen LogP contribution in [0.4, 0.5) is 0 Å². The fourth-order valence-corrected chi connectivity index (χ4v) is 1.24. The van der Waals surface area contributed by atoms with Crippen LogP contribution in [0.5, 0.6) is 0 Å². The average molecular weight is 170 g/mol. The van der Waals surface area contributed by atoms with Gasteiger partial charge in [0, 0.05) is 5.57 Å². The lowest BCUT2D eigenvalue weighted by Gasteiger charge is -2.12. The van der Waals surface area contributed by atoms with Crippen molar-refractivity contribution in [1.29, 1.82) is 0 Å². The standard InChI is InChI=1S/C9H14O3/c1-5(2)4-7-6(3)8(10)9(11)12-7/h5,7,10H,4H2,1-3H3. The Morgan fingerprint density at radius 2 is 2.17 bits per heavy atom. The Morgan fingerprint density at radius 1 is 1.58 bits per heavy atom. The van der Waals surface area contributed by atoms with Gasteiger partial charge >= 0.3 is 5.97 Å². The van der Waals surface area contributed by atoms with E-state index in [1.54, 1.807) is 6.92 Å². The molecule has 0 saturated carbocycles. The summed E-state index contributed by atoms with van der Waals surface area (Å²) in [5, 5.41) is 9.15. The fourth-order valence-electron chi connectivity index (χ4n) is 1.24. The minimum absolute atomic E-state index is 0.208. The molecule has 0 saturated heterocycles. The molecule has 0 bridgehead atoms. The molecule has 0 radical (unpaired) electrons. The molecule has 0 amide bonds. The lowest BCUT2D eigenvalue weighted by atomic mass is 10.0. The highest BCUT2D eigenvalue weighted by Crippen LogP contribution is 2.25. The fraction of sp³-hybridized carbons (Fsp3) is 0.667. The minimum Gasteiger partial charge on any atom is -0.502 e. The maximum Gasteiger partial charge on any atom is 0.374 e. The van der Waals surface area contributed by atoms with Crippen LogP contribution in [0.1, 0.15) is 27.2 Å². The van der Waals surface area contributed by atoms with Crippen molar-refractivity contribution in [2.45, 2.75) is 33.3 Å².